The van der Waals surface area contributed by atoms with Crippen LogP contribution < -0.4 is 5.32 Å². The predicted octanol–water partition coefficient (Wildman–Crippen LogP) is 3.10. The molecule has 17 heavy (non-hydrogen) atoms. The third kappa shape index (κ3) is 3.00. The molecule has 0 saturated heterocycles. The molecule has 0 unspecified atom stereocenters. The van der Waals surface area contributed by atoms with Gasteiger partial charge in [0.2, 0.25) is 11.6 Å². The second kappa shape index (κ2) is 5.72. The summed E-state index contributed by atoms with van der Waals surface area (Å²) in [5, 5.41) is 11.7. The van der Waals surface area contributed by atoms with Crippen LogP contribution in [0.4, 0.5) is 5.88 Å². The van der Waals surface area contributed by atoms with Crippen molar-refractivity contribution in [2.45, 2.75) is 44.9 Å². The monoisotopic (exact) mass is 233 g/mol. The lowest BCUT2D eigenvalue weighted by atomic mass is 9.86. The second-order valence-corrected chi connectivity index (χ2v) is 4.69. The summed E-state index contributed by atoms with van der Waals surface area (Å²) >= 11 is 0. The van der Waals surface area contributed by atoms with Crippen molar-refractivity contribution >= 4 is 5.88 Å². The number of hydrogen-bond donors (Lipinski definition) is 1. The van der Waals surface area contributed by atoms with Gasteiger partial charge in [0.1, 0.15) is 6.07 Å². The van der Waals surface area contributed by atoms with Gasteiger partial charge in [0.15, 0.2) is 5.89 Å². The van der Waals surface area contributed by atoms with E-state index in [1.54, 1.807) is 7.05 Å². The lowest BCUT2D eigenvalue weighted by Gasteiger charge is -2.20. The highest BCUT2D eigenvalue weighted by Gasteiger charge is 2.16. The summed E-state index contributed by atoms with van der Waals surface area (Å²) < 4.78 is 5.50. The standard InChI is InChI=1S/C13H19N3O/c1-15-13-11(9-14)16-12(17-13)8-7-10-5-3-2-4-6-10/h10,15H,2-8H2,1H3. The third-order valence-electron chi connectivity index (χ3n) is 3.50. The first-order chi connectivity index (χ1) is 8.33. The highest BCUT2D eigenvalue weighted by Crippen LogP contribution is 2.28. The van der Waals surface area contributed by atoms with Crippen molar-refractivity contribution in [3.63, 3.8) is 0 Å². The molecule has 1 heterocycles. The highest BCUT2D eigenvalue weighted by atomic mass is 16.4. The Morgan fingerprint density at radius 3 is 2.76 bits per heavy atom. The van der Waals surface area contributed by atoms with E-state index in [4.69, 9.17) is 9.68 Å². The van der Waals surface area contributed by atoms with E-state index in [9.17, 15) is 0 Å². The number of aromatic nitrogens is 1. The summed E-state index contributed by atoms with van der Waals surface area (Å²) in [4.78, 5) is 4.19. The predicted molar refractivity (Wildman–Crippen MR) is 65.7 cm³/mol. The molecule has 92 valence electrons. The minimum atomic E-state index is 0.367. The minimum absolute atomic E-state index is 0.367. The maximum atomic E-state index is 8.87. The molecule has 0 radical (unpaired) electrons. The Morgan fingerprint density at radius 2 is 2.18 bits per heavy atom. The second-order valence-electron chi connectivity index (χ2n) is 4.69. The molecule has 0 atom stereocenters. The average molecular weight is 233 g/mol. The van der Waals surface area contributed by atoms with Crippen molar-refractivity contribution in [1.29, 1.82) is 5.26 Å². The third-order valence-corrected chi connectivity index (χ3v) is 3.50. The molecular formula is C13H19N3O. The van der Waals surface area contributed by atoms with E-state index in [0.717, 1.165) is 18.8 Å². The molecule has 4 nitrogen and oxygen atoms in total. The van der Waals surface area contributed by atoms with E-state index in [2.05, 4.69) is 10.3 Å². The fraction of sp³-hybridized carbons (Fsp3) is 0.692. The molecule has 0 aliphatic heterocycles. The molecule has 1 aromatic heterocycles. The zero-order chi connectivity index (χ0) is 12.1. The summed E-state index contributed by atoms with van der Waals surface area (Å²) in [7, 11) is 1.74. The average Bonchev–Trinajstić information content (AvgIpc) is 2.80. The Bertz CT molecular complexity index is 399. The van der Waals surface area contributed by atoms with Crippen LogP contribution in [0.1, 0.15) is 50.1 Å². The van der Waals surface area contributed by atoms with E-state index in [1.165, 1.54) is 32.1 Å². The molecule has 0 spiro atoms. The van der Waals surface area contributed by atoms with E-state index < -0.39 is 0 Å². The highest BCUT2D eigenvalue weighted by molar-refractivity contribution is 5.44. The maximum Gasteiger partial charge on any atom is 0.231 e. The number of rotatable bonds is 4. The number of aryl methyl sites for hydroxylation is 1. The van der Waals surface area contributed by atoms with Gasteiger partial charge in [0.25, 0.3) is 0 Å². The Hall–Kier alpha value is -1.50. The van der Waals surface area contributed by atoms with Crippen LogP contribution in [0, 0.1) is 17.2 Å². The van der Waals surface area contributed by atoms with Crippen LogP contribution >= 0.6 is 0 Å². The molecule has 0 aromatic carbocycles. The van der Waals surface area contributed by atoms with Crippen LogP contribution in [-0.4, -0.2) is 12.0 Å². The van der Waals surface area contributed by atoms with Crippen molar-refractivity contribution in [2.75, 3.05) is 12.4 Å². The number of nitrogens with one attached hydrogen (secondary N) is 1. The van der Waals surface area contributed by atoms with Crippen molar-refractivity contribution < 1.29 is 4.42 Å². The van der Waals surface area contributed by atoms with E-state index in [0.29, 0.717) is 17.5 Å². The fourth-order valence-corrected chi connectivity index (χ4v) is 2.52. The van der Waals surface area contributed by atoms with Gasteiger partial charge in [-0.15, -0.1) is 0 Å². The van der Waals surface area contributed by atoms with Crippen molar-refractivity contribution in [3.8, 4) is 6.07 Å². The Kier molecular flexibility index (Phi) is 4.03. The van der Waals surface area contributed by atoms with Crippen molar-refractivity contribution in [3.05, 3.63) is 11.6 Å². The summed E-state index contributed by atoms with van der Waals surface area (Å²) in [5.74, 6) is 2.00. The number of anilines is 1. The van der Waals surface area contributed by atoms with Crippen LogP contribution in [-0.2, 0) is 6.42 Å². The minimum Gasteiger partial charge on any atom is -0.424 e. The molecule has 1 aliphatic rings. The SMILES string of the molecule is CNc1oc(CCC2CCCCC2)nc1C#N. The Labute approximate surface area is 102 Å². The zero-order valence-electron chi connectivity index (χ0n) is 10.3. The van der Waals surface area contributed by atoms with Gasteiger partial charge in [-0.05, 0) is 12.3 Å². The molecule has 1 fully saturated rings. The number of nitrogens with zero attached hydrogens (tertiary/aromatic N) is 2. The van der Waals surface area contributed by atoms with Crippen LogP contribution in [0.3, 0.4) is 0 Å². The lowest BCUT2D eigenvalue weighted by molar-refractivity contribution is 0.329. The van der Waals surface area contributed by atoms with Gasteiger partial charge >= 0.3 is 0 Å². The van der Waals surface area contributed by atoms with Gasteiger partial charge in [-0.2, -0.15) is 5.26 Å². The van der Waals surface area contributed by atoms with Crippen molar-refractivity contribution in [2.24, 2.45) is 5.92 Å². The molecule has 1 aromatic rings. The summed E-state index contributed by atoms with van der Waals surface area (Å²) in [5.41, 5.74) is 0.367. The molecule has 0 amide bonds. The van der Waals surface area contributed by atoms with Crippen molar-refractivity contribution in [1.82, 2.24) is 4.98 Å². The normalized spacial score (nSPS) is 16.7. The van der Waals surface area contributed by atoms with Gasteiger partial charge in [0.05, 0.1) is 0 Å². The van der Waals surface area contributed by atoms with Crippen LogP contribution in [0.25, 0.3) is 0 Å². The zero-order valence-corrected chi connectivity index (χ0v) is 10.3. The molecule has 1 aliphatic carbocycles. The quantitative estimate of drug-likeness (QED) is 0.868. The van der Waals surface area contributed by atoms with Gasteiger partial charge in [0, 0.05) is 13.5 Å². The van der Waals surface area contributed by atoms with Gasteiger partial charge < -0.3 is 9.73 Å². The van der Waals surface area contributed by atoms with E-state index >= 15 is 0 Å². The first-order valence-electron chi connectivity index (χ1n) is 6.41. The molecule has 2 rings (SSSR count). The topological polar surface area (TPSA) is 61.9 Å². The number of oxazole rings is 1. The molecule has 1 N–H and O–H groups in total. The van der Waals surface area contributed by atoms with Crippen LogP contribution in [0.15, 0.2) is 4.42 Å². The Morgan fingerprint density at radius 1 is 1.41 bits per heavy atom. The number of nitriles is 1. The maximum absolute atomic E-state index is 8.87. The van der Waals surface area contributed by atoms with E-state index in [-0.39, 0.29) is 0 Å². The number of hydrogen-bond acceptors (Lipinski definition) is 4. The van der Waals surface area contributed by atoms with Crippen LogP contribution in [0.2, 0.25) is 0 Å². The van der Waals surface area contributed by atoms with Gasteiger partial charge in [-0.25, -0.2) is 4.98 Å². The molecule has 0 bridgehead atoms. The van der Waals surface area contributed by atoms with Gasteiger partial charge in [-0.3, -0.25) is 0 Å². The summed E-state index contributed by atoms with van der Waals surface area (Å²) in [6.07, 6.45) is 8.77. The Balaban J connectivity index is 1.90. The smallest absolute Gasteiger partial charge is 0.231 e. The first kappa shape index (κ1) is 12.0. The molecular weight excluding hydrogens is 214 g/mol. The summed E-state index contributed by atoms with van der Waals surface area (Å²) in [6.45, 7) is 0. The molecule has 1 saturated carbocycles. The fourth-order valence-electron chi connectivity index (χ4n) is 2.52. The lowest BCUT2D eigenvalue weighted by Crippen LogP contribution is -2.07. The largest absolute Gasteiger partial charge is 0.424 e. The van der Waals surface area contributed by atoms with E-state index in [1.807, 2.05) is 6.07 Å². The van der Waals surface area contributed by atoms with Gasteiger partial charge in [-0.1, -0.05) is 32.1 Å². The summed E-state index contributed by atoms with van der Waals surface area (Å²) in [6, 6.07) is 2.04. The van der Waals surface area contributed by atoms with Crippen LogP contribution in [0.5, 0.6) is 0 Å². The molecule has 4 heteroatoms. The first-order valence-corrected chi connectivity index (χ1v) is 6.41.